The molecular formula is C14H22ClNO. The molecule has 0 aliphatic carbocycles. The number of halogens is 1. The number of unbranched alkanes of at least 4 members (excludes halogenated alkanes) is 1. The molecule has 3 heteroatoms. The van der Waals surface area contributed by atoms with Gasteiger partial charge in [-0.2, -0.15) is 0 Å². The molecule has 1 aromatic heterocycles. The van der Waals surface area contributed by atoms with Gasteiger partial charge in [0.05, 0.1) is 18.2 Å². The zero-order chi connectivity index (χ0) is 12.5. The number of rotatable bonds is 8. The van der Waals surface area contributed by atoms with Crippen molar-refractivity contribution < 1.29 is 4.74 Å². The predicted octanol–water partition coefficient (Wildman–Crippen LogP) is 4.42. The average molecular weight is 256 g/mol. The van der Waals surface area contributed by atoms with Crippen molar-refractivity contribution in [1.82, 2.24) is 4.98 Å². The maximum absolute atomic E-state index is 5.80. The summed E-state index contributed by atoms with van der Waals surface area (Å²) in [7, 11) is 0. The van der Waals surface area contributed by atoms with Gasteiger partial charge in [0.2, 0.25) is 0 Å². The first-order valence-electron chi connectivity index (χ1n) is 6.43. The number of hydrogen-bond acceptors (Lipinski definition) is 2. The smallest absolute Gasteiger partial charge is 0.122 e. The van der Waals surface area contributed by atoms with Crippen molar-refractivity contribution >= 4 is 11.6 Å². The third-order valence-electron chi connectivity index (χ3n) is 2.95. The Labute approximate surface area is 109 Å². The molecule has 2 nitrogen and oxygen atoms in total. The maximum Gasteiger partial charge on any atom is 0.122 e. The summed E-state index contributed by atoms with van der Waals surface area (Å²) in [6.45, 7) is 5.24. The second kappa shape index (κ2) is 8.35. The van der Waals surface area contributed by atoms with Crippen molar-refractivity contribution in [2.75, 3.05) is 6.61 Å². The Kier molecular flexibility index (Phi) is 7.02. The van der Waals surface area contributed by atoms with E-state index in [0.717, 1.165) is 18.1 Å². The molecule has 0 saturated heterocycles. The van der Waals surface area contributed by atoms with Gasteiger partial charge in [0, 0.05) is 12.3 Å². The summed E-state index contributed by atoms with van der Waals surface area (Å²) in [5, 5.41) is 0. The topological polar surface area (TPSA) is 22.1 Å². The first kappa shape index (κ1) is 14.3. The van der Waals surface area contributed by atoms with Crippen molar-refractivity contribution in [1.29, 1.82) is 0 Å². The lowest BCUT2D eigenvalue weighted by Gasteiger charge is -2.15. The van der Waals surface area contributed by atoms with Gasteiger partial charge in [0.1, 0.15) is 5.75 Å². The Bertz CT molecular complexity index is 317. The quantitative estimate of drug-likeness (QED) is 0.642. The van der Waals surface area contributed by atoms with Crippen LogP contribution in [-0.2, 0) is 5.88 Å². The Morgan fingerprint density at radius 1 is 1.41 bits per heavy atom. The van der Waals surface area contributed by atoms with Crippen LogP contribution in [0.4, 0.5) is 0 Å². The SMILES string of the molecule is CCCCC(CC)COc1ccnc(CCl)c1. The van der Waals surface area contributed by atoms with Crippen molar-refractivity contribution in [3.63, 3.8) is 0 Å². The highest BCUT2D eigenvalue weighted by atomic mass is 35.5. The van der Waals surface area contributed by atoms with Gasteiger partial charge in [-0.05, 0) is 18.4 Å². The summed E-state index contributed by atoms with van der Waals surface area (Å²) in [5.74, 6) is 1.97. The van der Waals surface area contributed by atoms with Gasteiger partial charge in [-0.3, -0.25) is 4.98 Å². The highest BCUT2D eigenvalue weighted by molar-refractivity contribution is 6.16. The zero-order valence-corrected chi connectivity index (χ0v) is 11.5. The van der Waals surface area contributed by atoms with Gasteiger partial charge in [-0.1, -0.05) is 33.1 Å². The fraction of sp³-hybridized carbons (Fsp3) is 0.643. The van der Waals surface area contributed by atoms with E-state index in [-0.39, 0.29) is 0 Å². The highest BCUT2D eigenvalue weighted by Gasteiger charge is 2.07. The first-order chi connectivity index (χ1) is 8.30. The zero-order valence-electron chi connectivity index (χ0n) is 10.8. The van der Waals surface area contributed by atoms with Crippen LogP contribution in [0.15, 0.2) is 18.3 Å². The lowest BCUT2D eigenvalue weighted by Crippen LogP contribution is -2.11. The third-order valence-corrected chi connectivity index (χ3v) is 3.23. The molecular weight excluding hydrogens is 234 g/mol. The highest BCUT2D eigenvalue weighted by Crippen LogP contribution is 2.17. The number of aromatic nitrogens is 1. The molecule has 1 rings (SSSR count). The third kappa shape index (κ3) is 5.40. The summed E-state index contributed by atoms with van der Waals surface area (Å²) in [4.78, 5) is 4.14. The van der Waals surface area contributed by atoms with Crippen molar-refractivity contribution in [3.8, 4) is 5.75 Å². The number of hydrogen-bond donors (Lipinski definition) is 0. The Hall–Kier alpha value is -0.760. The number of nitrogens with zero attached hydrogens (tertiary/aromatic N) is 1. The molecule has 0 fully saturated rings. The Morgan fingerprint density at radius 2 is 2.24 bits per heavy atom. The van der Waals surface area contributed by atoms with Crippen LogP contribution in [0.5, 0.6) is 5.75 Å². The molecule has 0 amide bonds. The van der Waals surface area contributed by atoms with Gasteiger partial charge >= 0.3 is 0 Å². The molecule has 0 aliphatic heterocycles. The van der Waals surface area contributed by atoms with E-state index < -0.39 is 0 Å². The maximum atomic E-state index is 5.80. The minimum absolute atomic E-state index is 0.435. The fourth-order valence-corrected chi connectivity index (χ4v) is 1.88. The van der Waals surface area contributed by atoms with E-state index in [1.165, 1.54) is 25.7 Å². The van der Waals surface area contributed by atoms with E-state index in [9.17, 15) is 0 Å². The van der Waals surface area contributed by atoms with Gasteiger partial charge in [-0.25, -0.2) is 0 Å². The van der Waals surface area contributed by atoms with Gasteiger partial charge in [0.15, 0.2) is 0 Å². The standard InChI is InChI=1S/C14H22ClNO/c1-3-5-6-12(4-2)11-17-14-7-8-16-13(9-14)10-15/h7-9,12H,3-6,10-11H2,1-2H3. The molecule has 0 radical (unpaired) electrons. The van der Waals surface area contributed by atoms with E-state index in [0.29, 0.717) is 11.8 Å². The molecule has 17 heavy (non-hydrogen) atoms. The summed E-state index contributed by atoms with van der Waals surface area (Å²) < 4.78 is 5.80. The lowest BCUT2D eigenvalue weighted by molar-refractivity contribution is 0.233. The lowest BCUT2D eigenvalue weighted by atomic mass is 10.0. The van der Waals surface area contributed by atoms with Crippen molar-refractivity contribution in [2.45, 2.75) is 45.4 Å². The summed E-state index contributed by atoms with van der Waals surface area (Å²) in [6.07, 6.45) is 6.71. The van der Waals surface area contributed by atoms with Crippen LogP contribution in [0.25, 0.3) is 0 Å². The monoisotopic (exact) mass is 255 g/mol. The fourth-order valence-electron chi connectivity index (χ4n) is 1.73. The largest absolute Gasteiger partial charge is 0.493 e. The first-order valence-corrected chi connectivity index (χ1v) is 6.97. The second-order valence-corrected chi connectivity index (χ2v) is 4.61. The van der Waals surface area contributed by atoms with Crippen LogP contribution < -0.4 is 4.74 Å². The van der Waals surface area contributed by atoms with Gasteiger partial charge < -0.3 is 4.74 Å². The van der Waals surface area contributed by atoms with Gasteiger partial charge in [0.25, 0.3) is 0 Å². The molecule has 0 aromatic carbocycles. The Balaban J connectivity index is 2.41. The molecule has 1 atom stereocenters. The van der Waals surface area contributed by atoms with E-state index in [4.69, 9.17) is 16.3 Å². The number of alkyl halides is 1. The molecule has 96 valence electrons. The van der Waals surface area contributed by atoms with Crippen LogP contribution in [0.2, 0.25) is 0 Å². The van der Waals surface area contributed by atoms with Crippen LogP contribution in [0.1, 0.15) is 45.2 Å². The minimum Gasteiger partial charge on any atom is -0.493 e. The van der Waals surface area contributed by atoms with Crippen LogP contribution in [-0.4, -0.2) is 11.6 Å². The number of pyridine rings is 1. The van der Waals surface area contributed by atoms with Crippen LogP contribution in [0, 0.1) is 5.92 Å². The summed E-state index contributed by atoms with van der Waals surface area (Å²) in [6, 6.07) is 3.81. The molecule has 0 spiro atoms. The van der Waals surface area contributed by atoms with Gasteiger partial charge in [-0.15, -0.1) is 11.6 Å². The molecule has 1 heterocycles. The average Bonchev–Trinajstić information content (AvgIpc) is 2.39. The van der Waals surface area contributed by atoms with E-state index in [2.05, 4.69) is 18.8 Å². The molecule has 0 aliphatic rings. The minimum atomic E-state index is 0.435. The predicted molar refractivity (Wildman–Crippen MR) is 72.6 cm³/mol. The summed E-state index contributed by atoms with van der Waals surface area (Å²) in [5.41, 5.74) is 0.866. The van der Waals surface area contributed by atoms with Crippen LogP contribution >= 0.6 is 11.6 Å². The number of ether oxygens (including phenoxy) is 1. The van der Waals surface area contributed by atoms with E-state index >= 15 is 0 Å². The molecule has 0 N–H and O–H groups in total. The van der Waals surface area contributed by atoms with E-state index in [1.54, 1.807) is 6.20 Å². The molecule has 1 unspecified atom stereocenters. The molecule has 0 saturated carbocycles. The van der Waals surface area contributed by atoms with Crippen molar-refractivity contribution in [3.05, 3.63) is 24.0 Å². The molecule has 0 bridgehead atoms. The normalized spacial score (nSPS) is 12.4. The van der Waals surface area contributed by atoms with E-state index in [1.807, 2.05) is 12.1 Å². The molecule has 1 aromatic rings. The van der Waals surface area contributed by atoms with Crippen molar-refractivity contribution in [2.24, 2.45) is 5.92 Å². The second-order valence-electron chi connectivity index (χ2n) is 4.34. The van der Waals surface area contributed by atoms with Crippen LogP contribution in [0.3, 0.4) is 0 Å². The summed E-state index contributed by atoms with van der Waals surface area (Å²) >= 11 is 5.74. The Morgan fingerprint density at radius 3 is 2.88 bits per heavy atom.